The molecule has 10 rings (SSSR count). The molecule has 2 atom stereocenters. The zero-order valence-electron chi connectivity index (χ0n) is 37.4. The lowest BCUT2D eigenvalue weighted by Gasteiger charge is -2.35. The molecule has 4 aromatic carbocycles. The largest absolute Gasteiger partial charge is 0.457 e. The van der Waals surface area contributed by atoms with Gasteiger partial charge in [-0.25, -0.2) is 9.97 Å². The number of halogens is 1. The Morgan fingerprint density at radius 3 is 1.36 bits per heavy atom. The number of ether oxygens (including phenoxy) is 2. The Morgan fingerprint density at radius 1 is 0.582 bits per heavy atom. The van der Waals surface area contributed by atoms with Crippen molar-refractivity contribution in [3.63, 3.8) is 0 Å². The Balaban J connectivity index is 0.000000172. The lowest BCUT2D eigenvalue weighted by atomic mass is 9.80. The minimum atomic E-state index is -0.451. The van der Waals surface area contributed by atoms with Gasteiger partial charge in [0.2, 0.25) is 0 Å². The number of hydrogen-bond donors (Lipinski definition) is 3. The Bertz CT molecular complexity index is 2700. The molecule has 344 valence electrons. The standard InChI is InChI=1S/C26H27N5O2.C25H28N4O2.CBrN/c27-17-30-15-12-18(13-16-30)22-7-4-14-31-24(25(28)32)23(29-26(22)31)19-8-10-21(11-9-19)33-20-5-2-1-3-6-20;26-24(30)23-22(18-8-10-20(11-9-18)31-19-5-2-1-3-6-19)28-25-21(7-4-16-29(23)25)17-12-14-27-15-13-17;2-1-3/h1-3,5-6,8-11,18,22H,4,7,12-16H2,(H2,28,32);1-3,5-6,8-11,17,21,27H,4,7,12-16H2,(H2,26,30);. The molecule has 15 heteroatoms. The second kappa shape index (κ2) is 22.0. The fourth-order valence-electron chi connectivity index (χ4n) is 10.2. The van der Waals surface area contributed by atoms with Gasteiger partial charge in [-0.05, 0) is 149 Å². The summed E-state index contributed by atoms with van der Waals surface area (Å²) in [4.78, 5) is 38.3. The third kappa shape index (κ3) is 10.9. The fourth-order valence-corrected chi connectivity index (χ4v) is 10.2. The Kier molecular flexibility index (Phi) is 15.3. The second-order valence-electron chi connectivity index (χ2n) is 17.3. The maximum absolute atomic E-state index is 12.5. The van der Waals surface area contributed by atoms with Crippen LogP contribution in [0, 0.1) is 33.5 Å². The van der Waals surface area contributed by atoms with Gasteiger partial charge < -0.3 is 40.3 Å². The van der Waals surface area contributed by atoms with E-state index in [1.807, 2.05) is 119 Å². The first-order chi connectivity index (χ1) is 32.8. The highest BCUT2D eigenvalue weighted by Gasteiger charge is 2.37. The molecule has 0 bridgehead atoms. The number of piperidine rings is 2. The molecular formula is C52H55BrN10O4. The summed E-state index contributed by atoms with van der Waals surface area (Å²) in [6.45, 7) is 5.24. The molecule has 5 N–H and O–H groups in total. The molecule has 2 unspecified atom stereocenters. The third-order valence-corrected chi connectivity index (χ3v) is 13.3. The van der Waals surface area contributed by atoms with Crippen LogP contribution in [-0.4, -0.2) is 62.0 Å². The van der Waals surface area contributed by atoms with E-state index in [2.05, 4.69) is 32.0 Å². The highest BCUT2D eigenvalue weighted by molar-refractivity contribution is 9.12. The van der Waals surface area contributed by atoms with Crippen molar-refractivity contribution in [1.29, 1.82) is 10.5 Å². The zero-order valence-corrected chi connectivity index (χ0v) is 39.0. The van der Waals surface area contributed by atoms with Gasteiger partial charge in [-0.2, -0.15) is 10.5 Å². The van der Waals surface area contributed by atoms with E-state index in [4.69, 9.17) is 36.2 Å². The maximum Gasteiger partial charge on any atom is 0.267 e. The van der Waals surface area contributed by atoms with Crippen molar-refractivity contribution in [2.24, 2.45) is 23.3 Å². The molecule has 4 aliphatic heterocycles. The molecule has 6 aromatic rings. The number of para-hydroxylation sites is 2. The van der Waals surface area contributed by atoms with E-state index in [0.717, 1.165) is 136 Å². The van der Waals surface area contributed by atoms with Crippen molar-refractivity contribution in [2.75, 3.05) is 26.2 Å². The van der Waals surface area contributed by atoms with Crippen molar-refractivity contribution in [3.05, 3.63) is 132 Å². The quantitative estimate of drug-likeness (QED) is 0.111. The molecule has 14 nitrogen and oxygen atoms in total. The molecule has 0 radical (unpaired) electrons. The van der Waals surface area contributed by atoms with Gasteiger partial charge in [0.25, 0.3) is 11.8 Å². The van der Waals surface area contributed by atoms with Crippen molar-refractivity contribution < 1.29 is 19.1 Å². The summed E-state index contributed by atoms with van der Waals surface area (Å²) < 4.78 is 15.9. The number of aromatic nitrogens is 4. The summed E-state index contributed by atoms with van der Waals surface area (Å²) in [5.41, 5.74) is 15.8. The van der Waals surface area contributed by atoms with Crippen molar-refractivity contribution in [2.45, 2.75) is 76.3 Å². The smallest absolute Gasteiger partial charge is 0.267 e. The molecule has 2 amide bonds. The SMILES string of the molecule is N#CBr.N#CN1CCC(C2CCCn3c2nc(-c2ccc(Oc4ccccc4)cc2)c3C(N)=O)CC1.NC(=O)c1c(-c2ccc(Oc3ccccc3)cc2)nc2n1CCCC2C1CCNCC1. The average Bonchev–Trinajstić information content (AvgIpc) is 3.96. The predicted octanol–water partition coefficient (Wildman–Crippen LogP) is 9.69. The number of benzene rings is 4. The molecule has 0 spiro atoms. The number of hydrogen-bond acceptors (Lipinski definition) is 10. The Morgan fingerprint density at radius 2 is 0.970 bits per heavy atom. The molecular weight excluding hydrogens is 909 g/mol. The van der Waals surface area contributed by atoms with Crippen LogP contribution in [-0.2, 0) is 13.1 Å². The van der Waals surface area contributed by atoms with E-state index in [9.17, 15) is 14.9 Å². The minimum absolute atomic E-state index is 0.284. The molecule has 4 aliphatic rings. The number of likely N-dealkylation sites (tertiary alicyclic amines) is 1. The lowest BCUT2D eigenvalue weighted by Crippen LogP contribution is -2.34. The van der Waals surface area contributed by atoms with E-state index in [-0.39, 0.29) is 5.92 Å². The van der Waals surface area contributed by atoms with Crippen LogP contribution in [0.15, 0.2) is 109 Å². The summed E-state index contributed by atoms with van der Waals surface area (Å²) in [5, 5.41) is 19.9. The zero-order chi connectivity index (χ0) is 46.7. The molecule has 2 aromatic heterocycles. The number of imidazole rings is 2. The number of nitriles is 2. The van der Waals surface area contributed by atoms with Crippen LogP contribution >= 0.6 is 15.9 Å². The van der Waals surface area contributed by atoms with Crippen LogP contribution < -0.4 is 26.3 Å². The number of nitrogens with two attached hydrogens (primary N) is 2. The van der Waals surface area contributed by atoms with Crippen LogP contribution in [0.3, 0.4) is 0 Å². The van der Waals surface area contributed by atoms with Gasteiger partial charge in [0.05, 0.1) is 0 Å². The number of fused-ring (bicyclic) bond motifs is 2. The van der Waals surface area contributed by atoms with E-state index >= 15 is 0 Å². The summed E-state index contributed by atoms with van der Waals surface area (Å²) in [7, 11) is 0. The van der Waals surface area contributed by atoms with Gasteiger partial charge in [0, 0.05) is 65.1 Å². The normalized spacial score (nSPS) is 18.0. The van der Waals surface area contributed by atoms with Crippen LogP contribution in [0.4, 0.5) is 0 Å². The molecule has 6 heterocycles. The van der Waals surface area contributed by atoms with Gasteiger partial charge in [-0.1, -0.05) is 36.4 Å². The van der Waals surface area contributed by atoms with Gasteiger partial charge in [0.15, 0.2) is 6.19 Å². The first-order valence-corrected chi connectivity index (χ1v) is 23.9. The summed E-state index contributed by atoms with van der Waals surface area (Å²) in [6.07, 6.45) is 10.7. The van der Waals surface area contributed by atoms with Gasteiger partial charge in [0.1, 0.15) is 62.4 Å². The first kappa shape index (κ1) is 46.6. The van der Waals surface area contributed by atoms with E-state index in [0.29, 0.717) is 40.5 Å². The summed E-state index contributed by atoms with van der Waals surface area (Å²) >= 11 is 2.45. The molecule has 2 saturated heterocycles. The number of carbonyl (C=O) groups is 2. The van der Waals surface area contributed by atoms with Crippen LogP contribution in [0.25, 0.3) is 22.5 Å². The van der Waals surface area contributed by atoms with Crippen LogP contribution in [0.2, 0.25) is 0 Å². The number of amides is 2. The number of nitrogens with one attached hydrogen (secondary N) is 1. The monoisotopic (exact) mass is 962 g/mol. The topological polar surface area (TPSA) is 203 Å². The average molecular weight is 964 g/mol. The van der Waals surface area contributed by atoms with Gasteiger partial charge >= 0.3 is 0 Å². The highest BCUT2D eigenvalue weighted by atomic mass is 79.9. The molecule has 2 fully saturated rings. The van der Waals surface area contributed by atoms with Crippen molar-refractivity contribution in [1.82, 2.24) is 29.3 Å². The fraction of sp³-hybridized carbons (Fsp3) is 0.346. The van der Waals surface area contributed by atoms with Gasteiger partial charge in [-0.15, -0.1) is 0 Å². The lowest BCUT2D eigenvalue weighted by molar-refractivity contribution is 0.0981. The Hall–Kier alpha value is -6.94. The molecule has 0 saturated carbocycles. The van der Waals surface area contributed by atoms with Crippen molar-refractivity contribution in [3.8, 4) is 56.7 Å². The van der Waals surface area contributed by atoms with E-state index in [1.165, 1.54) is 0 Å². The number of carbonyl (C=O) groups excluding carboxylic acids is 2. The highest BCUT2D eigenvalue weighted by Crippen LogP contribution is 2.42. The maximum atomic E-state index is 12.5. The Labute approximate surface area is 399 Å². The molecule has 67 heavy (non-hydrogen) atoms. The number of primary amides is 2. The molecule has 0 aliphatic carbocycles. The number of nitrogens with zero attached hydrogens (tertiary/aromatic N) is 7. The third-order valence-electron chi connectivity index (χ3n) is 13.3. The van der Waals surface area contributed by atoms with E-state index in [1.54, 1.807) is 4.98 Å². The van der Waals surface area contributed by atoms with Gasteiger partial charge in [-0.3, -0.25) is 9.59 Å². The summed E-state index contributed by atoms with van der Waals surface area (Å²) in [5.74, 6) is 5.90. The number of rotatable bonds is 10. The first-order valence-electron chi connectivity index (χ1n) is 23.1. The van der Waals surface area contributed by atoms with E-state index < -0.39 is 11.8 Å². The van der Waals surface area contributed by atoms with Crippen LogP contribution in [0.1, 0.15) is 95.8 Å². The minimum Gasteiger partial charge on any atom is -0.457 e. The van der Waals surface area contributed by atoms with Crippen molar-refractivity contribution >= 4 is 27.7 Å². The summed E-state index contributed by atoms with van der Waals surface area (Å²) in [6, 6.07) is 34.7. The van der Waals surface area contributed by atoms with Crippen LogP contribution in [0.5, 0.6) is 23.0 Å². The second-order valence-corrected chi connectivity index (χ2v) is 17.7. The predicted molar refractivity (Wildman–Crippen MR) is 259 cm³/mol.